The molecule has 0 saturated carbocycles. The Bertz CT molecular complexity index is 375. The third kappa shape index (κ3) is 1.83. The number of carbonyl (C=O) groups is 1. The van der Waals surface area contributed by atoms with Gasteiger partial charge in [-0.2, -0.15) is 5.10 Å². The van der Waals surface area contributed by atoms with Crippen LogP contribution in [0.2, 0.25) is 0 Å². The lowest BCUT2D eigenvalue weighted by Crippen LogP contribution is -2.29. The van der Waals surface area contributed by atoms with Crippen LogP contribution >= 0.6 is 0 Å². The average Bonchev–Trinajstić information content (AvgIpc) is 2.73. The van der Waals surface area contributed by atoms with Crippen LogP contribution in [0.1, 0.15) is 13.3 Å². The van der Waals surface area contributed by atoms with Crippen LogP contribution in [0.5, 0.6) is 0 Å². The van der Waals surface area contributed by atoms with E-state index in [1.807, 2.05) is 42.2 Å². The number of para-hydroxylation sites is 1. The van der Waals surface area contributed by atoms with Gasteiger partial charge in [-0.25, -0.2) is 5.01 Å². The van der Waals surface area contributed by atoms with Crippen molar-refractivity contribution in [1.82, 2.24) is 5.01 Å². The van der Waals surface area contributed by atoms with E-state index in [1.54, 1.807) is 0 Å². The van der Waals surface area contributed by atoms with Crippen molar-refractivity contribution < 1.29 is 4.79 Å². The van der Waals surface area contributed by atoms with Crippen LogP contribution in [-0.2, 0) is 4.79 Å². The first-order valence-corrected chi connectivity index (χ1v) is 4.97. The molecule has 0 fully saturated rings. The summed E-state index contributed by atoms with van der Waals surface area (Å²) in [6.07, 6.45) is 1.57. The topological polar surface area (TPSA) is 35.9 Å². The SMILES string of the molecule is CCC1=NN(C=O)CN1c1ccccc1. The highest BCUT2D eigenvalue weighted by atomic mass is 16.1. The molecule has 0 saturated heterocycles. The zero-order valence-corrected chi connectivity index (χ0v) is 8.63. The van der Waals surface area contributed by atoms with Crippen molar-refractivity contribution in [1.29, 1.82) is 0 Å². The number of hydrogen-bond acceptors (Lipinski definition) is 3. The molecule has 4 heteroatoms. The summed E-state index contributed by atoms with van der Waals surface area (Å²) in [5.74, 6) is 0.924. The van der Waals surface area contributed by atoms with Gasteiger partial charge in [-0.1, -0.05) is 25.1 Å². The molecule has 0 aliphatic carbocycles. The maximum absolute atomic E-state index is 10.6. The number of benzene rings is 1. The third-order valence-corrected chi connectivity index (χ3v) is 2.35. The quantitative estimate of drug-likeness (QED) is 0.700. The standard InChI is InChI=1S/C11H13N3O/c1-2-11-12-13(9-15)8-14(11)10-6-4-3-5-7-10/h3-7,9H,2,8H2,1H3. The van der Waals surface area contributed by atoms with Crippen LogP contribution in [0.3, 0.4) is 0 Å². The normalized spacial score (nSPS) is 15.4. The molecule has 78 valence electrons. The summed E-state index contributed by atoms with van der Waals surface area (Å²) in [6, 6.07) is 9.96. The van der Waals surface area contributed by atoms with Crippen LogP contribution in [0.25, 0.3) is 0 Å². The monoisotopic (exact) mass is 203 g/mol. The molecule has 0 aromatic heterocycles. The van der Waals surface area contributed by atoms with Crippen molar-refractivity contribution in [3.63, 3.8) is 0 Å². The zero-order valence-electron chi connectivity index (χ0n) is 8.63. The van der Waals surface area contributed by atoms with E-state index in [9.17, 15) is 4.79 Å². The highest BCUT2D eigenvalue weighted by Gasteiger charge is 2.21. The Hall–Kier alpha value is -1.84. The van der Waals surface area contributed by atoms with E-state index < -0.39 is 0 Å². The Labute approximate surface area is 88.8 Å². The van der Waals surface area contributed by atoms with E-state index in [0.717, 1.165) is 24.4 Å². The Morgan fingerprint density at radius 2 is 2.13 bits per heavy atom. The molecule has 0 atom stereocenters. The van der Waals surface area contributed by atoms with Gasteiger partial charge < -0.3 is 4.90 Å². The summed E-state index contributed by atoms with van der Waals surface area (Å²) >= 11 is 0. The minimum Gasteiger partial charge on any atom is -0.308 e. The summed E-state index contributed by atoms with van der Waals surface area (Å²) in [7, 11) is 0. The first kappa shape index (κ1) is 9.71. The Balaban J connectivity index is 2.25. The Kier molecular flexibility index (Phi) is 2.67. The zero-order chi connectivity index (χ0) is 10.7. The molecule has 1 heterocycles. The largest absolute Gasteiger partial charge is 0.308 e. The lowest BCUT2D eigenvalue weighted by molar-refractivity contribution is -0.117. The van der Waals surface area contributed by atoms with Gasteiger partial charge in [-0.05, 0) is 12.1 Å². The molecule has 1 aromatic rings. The lowest BCUT2D eigenvalue weighted by Gasteiger charge is -2.18. The minimum absolute atomic E-state index is 0.511. The molecular weight excluding hydrogens is 190 g/mol. The van der Waals surface area contributed by atoms with Crippen LogP contribution in [-0.4, -0.2) is 23.9 Å². The second-order valence-corrected chi connectivity index (χ2v) is 3.32. The summed E-state index contributed by atoms with van der Waals surface area (Å²) < 4.78 is 0. The summed E-state index contributed by atoms with van der Waals surface area (Å²) in [5, 5.41) is 5.60. The Morgan fingerprint density at radius 3 is 2.73 bits per heavy atom. The van der Waals surface area contributed by atoms with Gasteiger partial charge in [-0.15, -0.1) is 0 Å². The van der Waals surface area contributed by atoms with Gasteiger partial charge in [0, 0.05) is 12.1 Å². The lowest BCUT2D eigenvalue weighted by atomic mass is 10.3. The van der Waals surface area contributed by atoms with E-state index >= 15 is 0 Å². The molecule has 0 N–H and O–H groups in total. The van der Waals surface area contributed by atoms with Gasteiger partial charge in [0.1, 0.15) is 12.5 Å². The van der Waals surface area contributed by atoms with Crippen molar-refractivity contribution in [2.75, 3.05) is 11.6 Å². The predicted molar refractivity (Wildman–Crippen MR) is 59.4 cm³/mol. The Morgan fingerprint density at radius 1 is 1.40 bits per heavy atom. The van der Waals surface area contributed by atoms with Crippen molar-refractivity contribution in [3.05, 3.63) is 30.3 Å². The van der Waals surface area contributed by atoms with E-state index in [0.29, 0.717) is 6.67 Å². The third-order valence-electron chi connectivity index (χ3n) is 2.35. The van der Waals surface area contributed by atoms with Crippen LogP contribution < -0.4 is 4.90 Å². The molecule has 1 aliphatic heterocycles. The molecule has 2 rings (SSSR count). The predicted octanol–water partition coefficient (Wildman–Crippen LogP) is 1.65. The number of hydrogen-bond donors (Lipinski definition) is 0. The fourth-order valence-electron chi connectivity index (χ4n) is 1.62. The van der Waals surface area contributed by atoms with Gasteiger partial charge in [0.15, 0.2) is 0 Å². The van der Waals surface area contributed by atoms with Gasteiger partial charge in [0.2, 0.25) is 6.41 Å². The molecule has 0 radical (unpaired) electrons. The fourth-order valence-corrected chi connectivity index (χ4v) is 1.62. The molecular formula is C11H13N3O. The molecule has 0 unspecified atom stereocenters. The molecule has 0 bridgehead atoms. The molecule has 1 amide bonds. The fraction of sp³-hybridized carbons (Fsp3) is 0.273. The summed E-state index contributed by atoms with van der Waals surface area (Å²) in [4.78, 5) is 12.7. The maximum atomic E-state index is 10.6. The number of hydrazone groups is 1. The summed E-state index contributed by atoms with van der Waals surface area (Å²) in [6.45, 7) is 2.54. The number of amides is 1. The first-order chi connectivity index (χ1) is 7.35. The molecule has 1 aliphatic rings. The van der Waals surface area contributed by atoms with Crippen LogP contribution in [0, 0.1) is 0 Å². The molecule has 0 spiro atoms. The summed E-state index contributed by atoms with van der Waals surface area (Å²) in [5.41, 5.74) is 1.07. The number of carbonyl (C=O) groups excluding carboxylic acids is 1. The number of amidine groups is 1. The molecule has 15 heavy (non-hydrogen) atoms. The van der Waals surface area contributed by atoms with Crippen molar-refractivity contribution in [2.45, 2.75) is 13.3 Å². The van der Waals surface area contributed by atoms with E-state index in [2.05, 4.69) is 5.10 Å². The van der Waals surface area contributed by atoms with Gasteiger partial charge in [0.05, 0.1) is 0 Å². The van der Waals surface area contributed by atoms with Crippen molar-refractivity contribution in [2.24, 2.45) is 5.10 Å². The van der Waals surface area contributed by atoms with Gasteiger partial charge in [0.25, 0.3) is 0 Å². The smallest absolute Gasteiger partial charge is 0.231 e. The minimum atomic E-state index is 0.511. The first-order valence-electron chi connectivity index (χ1n) is 4.97. The second-order valence-electron chi connectivity index (χ2n) is 3.32. The van der Waals surface area contributed by atoms with Crippen molar-refractivity contribution in [3.8, 4) is 0 Å². The van der Waals surface area contributed by atoms with Crippen LogP contribution in [0.4, 0.5) is 5.69 Å². The number of rotatable bonds is 3. The van der Waals surface area contributed by atoms with E-state index in [4.69, 9.17) is 0 Å². The molecule has 4 nitrogen and oxygen atoms in total. The van der Waals surface area contributed by atoms with Gasteiger partial charge >= 0.3 is 0 Å². The number of anilines is 1. The van der Waals surface area contributed by atoms with Crippen LogP contribution in [0.15, 0.2) is 35.4 Å². The maximum Gasteiger partial charge on any atom is 0.231 e. The second kappa shape index (κ2) is 4.13. The highest BCUT2D eigenvalue weighted by Crippen LogP contribution is 2.19. The van der Waals surface area contributed by atoms with Crippen molar-refractivity contribution >= 4 is 17.9 Å². The van der Waals surface area contributed by atoms with E-state index in [-0.39, 0.29) is 0 Å². The number of nitrogens with zero attached hydrogens (tertiary/aromatic N) is 3. The average molecular weight is 203 g/mol. The molecule has 1 aromatic carbocycles. The highest BCUT2D eigenvalue weighted by molar-refractivity contribution is 5.99. The van der Waals surface area contributed by atoms with E-state index in [1.165, 1.54) is 5.01 Å². The van der Waals surface area contributed by atoms with Gasteiger partial charge in [-0.3, -0.25) is 4.79 Å².